The lowest BCUT2D eigenvalue weighted by Gasteiger charge is -2.19. The summed E-state index contributed by atoms with van der Waals surface area (Å²) in [6, 6.07) is 0. The van der Waals surface area contributed by atoms with E-state index < -0.39 is 0 Å². The molecule has 0 amide bonds. The van der Waals surface area contributed by atoms with Crippen LogP contribution in [-0.4, -0.2) is 25.8 Å². The van der Waals surface area contributed by atoms with Gasteiger partial charge in [-0.2, -0.15) is 0 Å². The summed E-state index contributed by atoms with van der Waals surface area (Å²) in [5.74, 6) is 0. The summed E-state index contributed by atoms with van der Waals surface area (Å²) < 4.78 is 5.73. The van der Waals surface area contributed by atoms with Crippen molar-refractivity contribution in [1.29, 1.82) is 0 Å². The van der Waals surface area contributed by atoms with Crippen LogP contribution in [0.25, 0.3) is 0 Å². The Kier molecular flexibility index (Phi) is 6.57. The highest BCUT2D eigenvalue weighted by atomic mass is 16.5. The second-order valence-corrected chi connectivity index (χ2v) is 2.94. The van der Waals surface area contributed by atoms with Gasteiger partial charge < -0.3 is 10.1 Å². The topological polar surface area (TPSA) is 21.3 Å². The second kappa shape index (κ2) is 6.62. The van der Waals surface area contributed by atoms with Gasteiger partial charge in [-0.15, -0.1) is 0 Å². The fraction of sp³-hybridized carbons (Fsp3) is 1.00. The summed E-state index contributed by atoms with van der Waals surface area (Å²) in [4.78, 5) is 0. The van der Waals surface area contributed by atoms with Gasteiger partial charge in [0.2, 0.25) is 0 Å². The van der Waals surface area contributed by atoms with Crippen molar-refractivity contribution in [2.45, 2.75) is 45.8 Å². The Morgan fingerprint density at radius 3 is 2.27 bits per heavy atom. The van der Waals surface area contributed by atoms with E-state index in [1.165, 1.54) is 0 Å². The second-order valence-electron chi connectivity index (χ2n) is 2.94. The maximum absolute atomic E-state index is 5.73. The highest BCUT2D eigenvalue weighted by Crippen LogP contribution is 2.04. The predicted molar refractivity (Wildman–Crippen MR) is 48.8 cm³/mol. The molecular formula is C9H21NO. The van der Waals surface area contributed by atoms with Gasteiger partial charge in [0.1, 0.15) is 0 Å². The van der Waals surface area contributed by atoms with Gasteiger partial charge in [-0.1, -0.05) is 13.8 Å². The maximum atomic E-state index is 5.73. The molecule has 2 unspecified atom stereocenters. The number of likely N-dealkylation sites (N-methyl/N-ethyl adjacent to an activating group) is 1. The molecule has 0 aromatic heterocycles. The van der Waals surface area contributed by atoms with E-state index in [1.807, 2.05) is 7.05 Å². The first-order chi connectivity index (χ1) is 5.24. The molecule has 0 aromatic carbocycles. The van der Waals surface area contributed by atoms with Crippen LogP contribution in [0, 0.1) is 0 Å². The van der Waals surface area contributed by atoms with Gasteiger partial charge in [0.05, 0.1) is 12.2 Å². The van der Waals surface area contributed by atoms with Gasteiger partial charge >= 0.3 is 0 Å². The first kappa shape index (κ1) is 10.9. The fourth-order valence-corrected chi connectivity index (χ4v) is 0.941. The Morgan fingerprint density at radius 1 is 1.27 bits per heavy atom. The van der Waals surface area contributed by atoms with E-state index in [4.69, 9.17) is 4.74 Å². The van der Waals surface area contributed by atoms with Crippen LogP contribution in [0.2, 0.25) is 0 Å². The molecule has 0 fully saturated rings. The lowest BCUT2D eigenvalue weighted by atomic mass is 10.2. The van der Waals surface area contributed by atoms with Gasteiger partial charge in [0.15, 0.2) is 0 Å². The fourth-order valence-electron chi connectivity index (χ4n) is 0.941. The largest absolute Gasteiger partial charge is 0.374 e. The first-order valence-electron chi connectivity index (χ1n) is 4.54. The molecule has 0 aliphatic carbocycles. The lowest BCUT2D eigenvalue weighted by molar-refractivity contribution is -0.00375. The van der Waals surface area contributed by atoms with E-state index in [1.54, 1.807) is 0 Å². The van der Waals surface area contributed by atoms with Crippen LogP contribution in [0.5, 0.6) is 0 Å². The normalized spacial score (nSPS) is 16.4. The smallest absolute Gasteiger partial charge is 0.0700 e. The van der Waals surface area contributed by atoms with E-state index in [0.717, 1.165) is 19.4 Å². The Labute approximate surface area is 70.3 Å². The molecule has 0 aliphatic heterocycles. The van der Waals surface area contributed by atoms with Crippen molar-refractivity contribution in [2.24, 2.45) is 0 Å². The van der Waals surface area contributed by atoms with Crippen molar-refractivity contribution in [3.63, 3.8) is 0 Å². The summed E-state index contributed by atoms with van der Waals surface area (Å²) >= 11 is 0. The molecule has 68 valence electrons. The van der Waals surface area contributed by atoms with E-state index in [2.05, 4.69) is 26.1 Å². The van der Waals surface area contributed by atoms with E-state index in [-0.39, 0.29) is 0 Å². The third-order valence-electron chi connectivity index (χ3n) is 1.89. The minimum Gasteiger partial charge on any atom is -0.374 e. The molecule has 1 N–H and O–H groups in total. The Morgan fingerprint density at radius 2 is 1.91 bits per heavy atom. The molecule has 0 spiro atoms. The van der Waals surface area contributed by atoms with Crippen molar-refractivity contribution >= 4 is 0 Å². The molecule has 0 radical (unpaired) electrons. The van der Waals surface area contributed by atoms with Crippen LogP contribution in [0.4, 0.5) is 0 Å². The van der Waals surface area contributed by atoms with Crippen molar-refractivity contribution in [3.05, 3.63) is 0 Å². The summed E-state index contributed by atoms with van der Waals surface area (Å²) in [6.45, 7) is 7.39. The van der Waals surface area contributed by atoms with Gasteiger partial charge in [-0.05, 0) is 26.8 Å². The van der Waals surface area contributed by atoms with E-state index in [0.29, 0.717) is 12.2 Å². The third kappa shape index (κ3) is 5.22. The Hall–Kier alpha value is -0.0800. The number of rotatable bonds is 6. The summed E-state index contributed by atoms with van der Waals surface area (Å²) in [6.07, 6.45) is 2.97. The average Bonchev–Trinajstić information content (AvgIpc) is 2.03. The van der Waals surface area contributed by atoms with Crippen molar-refractivity contribution in [3.8, 4) is 0 Å². The molecule has 2 nitrogen and oxygen atoms in total. The summed E-state index contributed by atoms with van der Waals surface area (Å²) in [5, 5.41) is 3.12. The monoisotopic (exact) mass is 159 g/mol. The SMILES string of the molecule is CCC(C)OC(CC)CNC. The molecule has 0 bridgehead atoms. The lowest BCUT2D eigenvalue weighted by Crippen LogP contribution is -2.29. The summed E-state index contributed by atoms with van der Waals surface area (Å²) in [7, 11) is 1.96. The van der Waals surface area contributed by atoms with E-state index in [9.17, 15) is 0 Å². The van der Waals surface area contributed by atoms with Crippen molar-refractivity contribution in [1.82, 2.24) is 5.32 Å². The number of hydrogen-bond donors (Lipinski definition) is 1. The highest BCUT2D eigenvalue weighted by Gasteiger charge is 2.08. The molecule has 2 heteroatoms. The zero-order valence-electron chi connectivity index (χ0n) is 8.18. The molecule has 0 rings (SSSR count). The Bertz CT molecular complexity index is 85.6. The molecule has 0 aliphatic rings. The van der Waals surface area contributed by atoms with Crippen LogP contribution in [0.3, 0.4) is 0 Å². The van der Waals surface area contributed by atoms with Crippen molar-refractivity contribution < 1.29 is 4.74 Å². The van der Waals surface area contributed by atoms with Gasteiger partial charge in [0, 0.05) is 6.54 Å². The van der Waals surface area contributed by atoms with Crippen molar-refractivity contribution in [2.75, 3.05) is 13.6 Å². The molecule has 0 aromatic rings. The third-order valence-corrected chi connectivity index (χ3v) is 1.89. The highest BCUT2D eigenvalue weighted by molar-refractivity contribution is 4.59. The minimum absolute atomic E-state index is 0.384. The first-order valence-corrected chi connectivity index (χ1v) is 4.54. The van der Waals surface area contributed by atoms with Gasteiger partial charge in [0.25, 0.3) is 0 Å². The zero-order chi connectivity index (χ0) is 8.69. The van der Waals surface area contributed by atoms with Gasteiger partial charge in [-0.3, -0.25) is 0 Å². The van der Waals surface area contributed by atoms with Crippen LogP contribution >= 0.6 is 0 Å². The zero-order valence-corrected chi connectivity index (χ0v) is 8.18. The van der Waals surface area contributed by atoms with Crippen LogP contribution in [-0.2, 0) is 4.74 Å². The standard InChI is InChI=1S/C9H21NO/c1-5-8(3)11-9(6-2)7-10-4/h8-10H,5-7H2,1-4H3. The van der Waals surface area contributed by atoms with Crippen LogP contribution in [0.1, 0.15) is 33.6 Å². The van der Waals surface area contributed by atoms with Crippen LogP contribution in [0.15, 0.2) is 0 Å². The number of hydrogen-bond acceptors (Lipinski definition) is 2. The molecular weight excluding hydrogens is 138 g/mol. The summed E-state index contributed by atoms with van der Waals surface area (Å²) in [5.41, 5.74) is 0. The predicted octanol–water partition coefficient (Wildman–Crippen LogP) is 1.80. The quantitative estimate of drug-likeness (QED) is 0.638. The van der Waals surface area contributed by atoms with E-state index >= 15 is 0 Å². The molecule has 0 heterocycles. The number of nitrogens with one attached hydrogen (secondary N) is 1. The minimum atomic E-state index is 0.384. The molecule has 11 heavy (non-hydrogen) atoms. The Balaban J connectivity index is 3.49. The molecule has 0 saturated heterocycles. The molecule has 0 saturated carbocycles. The average molecular weight is 159 g/mol. The van der Waals surface area contributed by atoms with Crippen LogP contribution < -0.4 is 5.32 Å². The number of ether oxygens (including phenoxy) is 1. The molecule has 2 atom stereocenters. The van der Waals surface area contributed by atoms with Gasteiger partial charge in [-0.25, -0.2) is 0 Å². The maximum Gasteiger partial charge on any atom is 0.0700 e.